The first kappa shape index (κ1) is 10.9. The molecule has 5 heteroatoms. The van der Waals surface area contributed by atoms with Crippen molar-refractivity contribution in [2.24, 2.45) is 7.05 Å². The molecular weight excluding hydrogens is 276 g/mol. The minimum atomic E-state index is -0.532. The molecule has 3 nitrogen and oxygen atoms in total. The number of nitrogens with zero attached hydrogens (tertiary/aromatic N) is 2. The maximum absolute atomic E-state index is 9.96. The number of imidazole rings is 1. The van der Waals surface area contributed by atoms with E-state index in [0.717, 1.165) is 8.66 Å². The predicted molar refractivity (Wildman–Crippen MR) is 63.9 cm³/mol. The number of aromatic nitrogens is 2. The molecular formula is C10H11BrN2OS. The van der Waals surface area contributed by atoms with Crippen molar-refractivity contribution in [3.05, 3.63) is 39.0 Å². The summed E-state index contributed by atoms with van der Waals surface area (Å²) in [5.74, 6) is 0.708. The zero-order chi connectivity index (χ0) is 10.8. The van der Waals surface area contributed by atoms with Crippen LogP contribution < -0.4 is 0 Å². The smallest absolute Gasteiger partial charge is 0.137 e. The number of hydrogen-bond donors (Lipinski definition) is 1. The van der Waals surface area contributed by atoms with Crippen molar-refractivity contribution in [3.8, 4) is 0 Å². The molecule has 1 N–H and O–H groups in total. The molecule has 0 saturated carbocycles. The van der Waals surface area contributed by atoms with Gasteiger partial charge in [0.2, 0.25) is 0 Å². The summed E-state index contributed by atoms with van der Waals surface area (Å²) < 4.78 is 2.93. The van der Waals surface area contributed by atoms with Crippen LogP contribution in [0.15, 0.2) is 28.3 Å². The van der Waals surface area contributed by atoms with E-state index < -0.39 is 6.10 Å². The van der Waals surface area contributed by atoms with Crippen molar-refractivity contribution in [2.45, 2.75) is 12.5 Å². The first-order chi connectivity index (χ1) is 7.16. The highest BCUT2D eigenvalue weighted by Gasteiger charge is 2.13. The molecule has 0 bridgehead atoms. The van der Waals surface area contributed by atoms with Crippen molar-refractivity contribution in [3.63, 3.8) is 0 Å². The molecule has 2 aromatic rings. The lowest BCUT2D eigenvalue weighted by Gasteiger charge is -2.08. The topological polar surface area (TPSA) is 38.0 Å². The summed E-state index contributed by atoms with van der Waals surface area (Å²) in [6, 6.07) is 4.01. The Kier molecular flexibility index (Phi) is 3.23. The molecule has 0 aliphatic carbocycles. The highest BCUT2D eigenvalue weighted by atomic mass is 79.9. The second-order valence-corrected chi connectivity index (χ2v) is 5.87. The van der Waals surface area contributed by atoms with E-state index in [1.165, 1.54) is 0 Å². The fourth-order valence-electron chi connectivity index (χ4n) is 1.44. The maximum Gasteiger partial charge on any atom is 0.137 e. The third-order valence-corrected chi connectivity index (χ3v) is 3.83. The van der Waals surface area contributed by atoms with E-state index in [1.807, 2.05) is 29.9 Å². The maximum atomic E-state index is 9.96. The van der Waals surface area contributed by atoms with Gasteiger partial charge < -0.3 is 9.67 Å². The van der Waals surface area contributed by atoms with Crippen LogP contribution in [-0.2, 0) is 13.5 Å². The zero-order valence-electron chi connectivity index (χ0n) is 8.22. The van der Waals surface area contributed by atoms with Crippen molar-refractivity contribution in [1.82, 2.24) is 9.55 Å². The lowest BCUT2D eigenvalue weighted by atomic mass is 10.2. The van der Waals surface area contributed by atoms with Crippen LogP contribution in [0.1, 0.15) is 16.8 Å². The molecule has 0 fully saturated rings. The van der Waals surface area contributed by atoms with Crippen LogP contribution in [0.4, 0.5) is 0 Å². The number of aryl methyl sites for hydroxylation is 1. The summed E-state index contributed by atoms with van der Waals surface area (Å²) in [7, 11) is 1.88. The summed E-state index contributed by atoms with van der Waals surface area (Å²) >= 11 is 5.04. The van der Waals surface area contributed by atoms with E-state index >= 15 is 0 Å². The van der Waals surface area contributed by atoms with Gasteiger partial charge in [0.1, 0.15) is 11.9 Å². The van der Waals surface area contributed by atoms with Crippen molar-refractivity contribution < 1.29 is 5.11 Å². The average Bonchev–Trinajstić information content (AvgIpc) is 2.75. The molecule has 0 aliphatic rings. The molecule has 0 aliphatic heterocycles. The van der Waals surface area contributed by atoms with Gasteiger partial charge in [0.25, 0.3) is 0 Å². The number of hydrogen-bond acceptors (Lipinski definition) is 3. The van der Waals surface area contributed by atoms with Crippen LogP contribution in [0.25, 0.3) is 0 Å². The summed E-state index contributed by atoms with van der Waals surface area (Å²) in [6.07, 6.45) is 3.61. The van der Waals surface area contributed by atoms with Gasteiger partial charge in [0, 0.05) is 30.7 Å². The zero-order valence-corrected chi connectivity index (χ0v) is 10.6. The molecule has 15 heavy (non-hydrogen) atoms. The van der Waals surface area contributed by atoms with Gasteiger partial charge in [-0.1, -0.05) is 0 Å². The Morgan fingerprint density at radius 1 is 1.60 bits per heavy atom. The molecule has 1 atom stereocenters. The fraction of sp³-hybridized carbons (Fsp3) is 0.300. The van der Waals surface area contributed by atoms with Crippen LogP contribution in [0.3, 0.4) is 0 Å². The summed E-state index contributed by atoms with van der Waals surface area (Å²) in [5.41, 5.74) is 0. The van der Waals surface area contributed by atoms with Crippen LogP contribution in [0, 0.1) is 0 Å². The number of rotatable bonds is 3. The van der Waals surface area contributed by atoms with Crippen molar-refractivity contribution >= 4 is 27.3 Å². The number of aliphatic hydroxyl groups is 1. The molecule has 1 unspecified atom stereocenters. The van der Waals surface area contributed by atoms with Crippen LogP contribution in [0.2, 0.25) is 0 Å². The standard InChI is InChI=1S/C10H11BrN2OS/c1-13-5-4-12-10(13)8(14)6-7-2-3-9(11)15-7/h2-5,8,14H,6H2,1H3. The minimum Gasteiger partial charge on any atom is -0.385 e. The lowest BCUT2D eigenvalue weighted by molar-refractivity contribution is 0.166. The van der Waals surface area contributed by atoms with Gasteiger partial charge in [-0.15, -0.1) is 11.3 Å². The van der Waals surface area contributed by atoms with Crippen LogP contribution in [-0.4, -0.2) is 14.7 Å². The van der Waals surface area contributed by atoms with Crippen molar-refractivity contribution in [2.75, 3.05) is 0 Å². The van der Waals surface area contributed by atoms with E-state index in [-0.39, 0.29) is 0 Å². The van der Waals surface area contributed by atoms with Crippen molar-refractivity contribution in [1.29, 1.82) is 0 Å². The summed E-state index contributed by atoms with van der Waals surface area (Å²) in [4.78, 5) is 5.27. The van der Waals surface area contributed by atoms with Gasteiger partial charge in [-0.05, 0) is 28.1 Å². The monoisotopic (exact) mass is 286 g/mol. The Hall–Kier alpha value is -0.650. The fourth-order valence-corrected chi connectivity index (χ4v) is 2.96. The molecule has 0 amide bonds. The largest absolute Gasteiger partial charge is 0.385 e. The first-order valence-electron chi connectivity index (χ1n) is 4.56. The Morgan fingerprint density at radius 3 is 2.93 bits per heavy atom. The molecule has 0 spiro atoms. The SMILES string of the molecule is Cn1ccnc1C(O)Cc1ccc(Br)s1. The van der Waals surface area contributed by atoms with Crippen LogP contribution in [0.5, 0.6) is 0 Å². The summed E-state index contributed by atoms with van der Waals surface area (Å²) in [5, 5.41) is 9.96. The molecule has 2 aromatic heterocycles. The van der Waals surface area contributed by atoms with E-state index in [4.69, 9.17) is 0 Å². The Bertz CT molecular complexity index is 452. The van der Waals surface area contributed by atoms with Crippen LogP contribution >= 0.6 is 27.3 Å². The van der Waals surface area contributed by atoms with E-state index in [1.54, 1.807) is 17.5 Å². The molecule has 2 heterocycles. The number of halogens is 1. The van der Waals surface area contributed by atoms with Gasteiger partial charge in [0.15, 0.2) is 0 Å². The second kappa shape index (κ2) is 4.47. The lowest BCUT2D eigenvalue weighted by Crippen LogP contribution is -2.07. The second-order valence-electron chi connectivity index (χ2n) is 3.32. The Labute approximate surface area is 101 Å². The first-order valence-corrected chi connectivity index (χ1v) is 6.17. The highest BCUT2D eigenvalue weighted by molar-refractivity contribution is 9.11. The molecule has 2 rings (SSSR count). The summed E-state index contributed by atoms with van der Waals surface area (Å²) in [6.45, 7) is 0. The van der Waals surface area contributed by atoms with Gasteiger partial charge in [0.05, 0.1) is 3.79 Å². The highest BCUT2D eigenvalue weighted by Crippen LogP contribution is 2.26. The number of aliphatic hydroxyl groups excluding tert-OH is 1. The van der Waals surface area contributed by atoms with Gasteiger partial charge in [-0.3, -0.25) is 0 Å². The average molecular weight is 287 g/mol. The van der Waals surface area contributed by atoms with E-state index in [0.29, 0.717) is 12.2 Å². The van der Waals surface area contributed by atoms with Gasteiger partial charge in [-0.25, -0.2) is 4.98 Å². The minimum absolute atomic E-state index is 0.532. The molecule has 0 saturated heterocycles. The van der Waals surface area contributed by atoms with E-state index in [2.05, 4.69) is 20.9 Å². The Balaban J connectivity index is 2.10. The van der Waals surface area contributed by atoms with E-state index in [9.17, 15) is 5.11 Å². The third kappa shape index (κ3) is 2.48. The normalized spacial score (nSPS) is 13.0. The predicted octanol–water partition coefficient (Wildman–Crippen LogP) is 2.52. The molecule has 0 radical (unpaired) electrons. The third-order valence-electron chi connectivity index (χ3n) is 2.18. The van der Waals surface area contributed by atoms with Gasteiger partial charge >= 0.3 is 0 Å². The Morgan fingerprint density at radius 2 is 2.40 bits per heavy atom. The number of thiophene rings is 1. The quantitative estimate of drug-likeness (QED) is 0.942. The molecule has 0 aromatic carbocycles. The van der Waals surface area contributed by atoms with Gasteiger partial charge in [-0.2, -0.15) is 0 Å². The molecule has 80 valence electrons.